The van der Waals surface area contributed by atoms with Crippen LogP contribution in [0, 0.1) is 11.3 Å². The zero-order valence-electron chi connectivity index (χ0n) is 16.1. The predicted octanol–water partition coefficient (Wildman–Crippen LogP) is 2.95. The van der Waals surface area contributed by atoms with Crippen LogP contribution in [-0.4, -0.2) is 51.5 Å². The van der Waals surface area contributed by atoms with Crippen molar-refractivity contribution >= 4 is 5.96 Å². The molecule has 0 bridgehead atoms. The molecule has 1 saturated carbocycles. The first-order chi connectivity index (χ1) is 11.5. The highest BCUT2D eigenvalue weighted by atomic mass is 16.5. The minimum Gasteiger partial charge on any atom is -0.381 e. The molecule has 1 aliphatic carbocycles. The van der Waals surface area contributed by atoms with Crippen LogP contribution in [0.3, 0.4) is 0 Å². The largest absolute Gasteiger partial charge is 0.381 e. The molecule has 2 fully saturated rings. The van der Waals surface area contributed by atoms with E-state index in [4.69, 9.17) is 14.5 Å². The van der Waals surface area contributed by atoms with Crippen LogP contribution in [0.5, 0.6) is 0 Å². The number of rotatable bonds is 8. The van der Waals surface area contributed by atoms with E-state index in [1.165, 1.54) is 25.7 Å². The smallest absolute Gasteiger partial charge is 0.191 e. The molecule has 0 aromatic rings. The normalized spacial score (nSPS) is 23.0. The molecule has 0 aromatic carbocycles. The number of hydrogen-bond donors (Lipinski definition) is 2. The maximum atomic E-state index is 5.81. The van der Waals surface area contributed by atoms with E-state index in [0.29, 0.717) is 5.41 Å². The predicted molar refractivity (Wildman–Crippen MR) is 99.5 cm³/mol. The first-order valence-corrected chi connectivity index (χ1v) is 9.68. The highest BCUT2D eigenvalue weighted by Gasteiger charge is 2.37. The van der Waals surface area contributed by atoms with Crippen molar-refractivity contribution in [2.24, 2.45) is 16.3 Å². The molecule has 2 rings (SSSR count). The summed E-state index contributed by atoms with van der Waals surface area (Å²) in [5, 5.41) is 6.90. The summed E-state index contributed by atoms with van der Waals surface area (Å²) in [6.45, 7) is 10.9. The molecule has 1 heterocycles. The van der Waals surface area contributed by atoms with Crippen molar-refractivity contribution in [2.75, 3.05) is 40.0 Å². The summed E-state index contributed by atoms with van der Waals surface area (Å²) in [5.41, 5.74) is 0.314. The Morgan fingerprint density at radius 3 is 2.38 bits per heavy atom. The summed E-state index contributed by atoms with van der Waals surface area (Å²) in [4.78, 5) is 4.92. The molecule has 0 atom stereocenters. The topological polar surface area (TPSA) is 54.9 Å². The van der Waals surface area contributed by atoms with Crippen molar-refractivity contribution in [1.29, 1.82) is 0 Å². The quantitative estimate of drug-likeness (QED) is 0.527. The summed E-state index contributed by atoms with van der Waals surface area (Å²) >= 11 is 0. The fourth-order valence-corrected chi connectivity index (χ4v) is 4.00. The van der Waals surface area contributed by atoms with Crippen LogP contribution in [0.4, 0.5) is 0 Å². The monoisotopic (exact) mass is 339 g/mol. The molecule has 2 N–H and O–H groups in total. The van der Waals surface area contributed by atoms with Gasteiger partial charge in [-0.2, -0.15) is 0 Å². The summed E-state index contributed by atoms with van der Waals surface area (Å²) in [6, 6.07) is 0. The Kier molecular flexibility index (Phi) is 7.35. The molecule has 0 radical (unpaired) electrons. The van der Waals surface area contributed by atoms with Crippen molar-refractivity contribution in [3.8, 4) is 0 Å². The number of hydrogen-bond acceptors (Lipinski definition) is 3. The van der Waals surface area contributed by atoms with E-state index < -0.39 is 0 Å². The van der Waals surface area contributed by atoms with E-state index in [1.807, 2.05) is 7.11 Å². The molecular weight excluding hydrogens is 302 g/mol. The maximum absolute atomic E-state index is 5.81. The summed E-state index contributed by atoms with van der Waals surface area (Å²) in [5.74, 6) is 1.67. The lowest BCUT2D eigenvalue weighted by molar-refractivity contribution is -0.0855. The van der Waals surface area contributed by atoms with E-state index in [0.717, 1.165) is 57.6 Å². The Hall–Kier alpha value is -0.810. The van der Waals surface area contributed by atoms with Crippen molar-refractivity contribution in [2.45, 2.75) is 64.9 Å². The standard InChI is InChI=1S/C19H37N3O2/c1-5-20-17(21-14-18(7-6-8-18)13-16(2)3)22-15-19(23-4)9-11-24-12-10-19/h16H,5-15H2,1-4H3,(H2,20,21,22). The minimum atomic E-state index is -0.124. The van der Waals surface area contributed by atoms with Gasteiger partial charge in [0.1, 0.15) is 0 Å². The molecular formula is C19H37N3O2. The summed E-state index contributed by atoms with van der Waals surface area (Å²) in [6.07, 6.45) is 7.18. The molecule has 2 aliphatic rings. The van der Waals surface area contributed by atoms with E-state index in [9.17, 15) is 0 Å². The Morgan fingerprint density at radius 1 is 1.17 bits per heavy atom. The number of nitrogens with zero attached hydrogens (tertiary/aromatic N) is 1. The van der Waals surface area contributed by atoms with Crippen LogP contribution in [-0.2, 0) is 9.47 Å². The van der Waals surface area contributed by atoms with Crippen molar-refractivity contribution in [1.82, 2.24) is 10.6 Å². The van der Waals surface area contributed by atoms with Gasteiger partial charge >= 0.3 is 0 Å². The molecule has 0 aromatic heterocycles. The number of aliphatic imine (C=N–C) groups is 1. The summed E-state index contributed by atoms with van der Waals surface area (Å²) < 4.78 is 11.3. The zero-order valence-corrected chi connectivity index (χ0v) is 16.1. The van der Waals surface area contributed by atoms with Crippen LogP contribution in [0.2, 0.25) is 0 Å². The molecule has 0 amide bonds. The van der Waals surface area contributed by atoms with Gasteiger partial charge in [-0.1, -0.05) is 20.3 Å². The van der Waals surface area contributed by atoms with Gasteiger partial charge in [-0.05, 0) is 37.5 Å². The molecule has 0 spiro atoms. The highest BCUT2D eigenvalue weighted by Crippen LogP contribution is 2.46. The van der Waals surface area contributed by atoms with Gasteiger partial charge in [-0.25, -0.2) is 0 Å². The van der Waals surface area contributed by atoms with Gasteiger partial charge in [-0.15, -0.1) is 0 Å². The van der Waals surface area contributed by atoms with Crippen LogP contribution in [0.15, 0.2) is 4.99 Å². The first-order valence-electron chi connectivity index (χ1n) is 9.68. The van der Waals surface area contributed by atoms with Gasteiger partial charge in [-0.3, -0.25) is 4.99 Å². The lowest BCUT2D eigenvalue weighted by Crippen LogP contribution is -2.51. The van der Waals surface area contributed by atoms with Crippen molar-refractivity contribution in [3.05, 3.63) is 0 Å². The number of ether oxygens (including phenoxy) is 2. The minimum absolute atomic E-state index is 0.124. The number of guanidine groups is 1. The second-order valence-electron chi connectivity index (χ2n) is 8.00. The first kappa shape index (κ1) is 19.5. The average molecular weight is 340 g/mol. The molecule has 140 valence electrons. The third-order valence-electron chi connectivity index (χ3n) is 5.59. The van der Waals surface area contributed by atoms with Crippen molar-refractivity contribution < 1.29 is 9.47 Å². The molecule has 1 aliphatic heterocycles. The molecule has 0 unspecified atom stereocenters. The van der Waals surface area contributed by atoms with Crippen LogP contribution in [0.1, 0.15) is 59.3 Å². The fourth-order valence-electron chi connectivity index (χ4n) is 4.00. The van der Waals surface area contributed by atoms with E-state index in [2.05, 4.69) is 31.4 Å². The Bertz CT molecular complexity index is 399. The van der Waals surface area contributed by atoms with E-state index >= 15 is 0 Å². The van der Waals surface area contributed by atoms with E-state index in [1.54, 1.807) is 0 Å². The number of methoxy groups -OCH3 is 1. The van der Waals surface area contributed by atoms with Gasteiger partial charge in [0.25, 0.3) is 0 Å². The van der Waals surface area contributed by atoms with Crippen molar-refractivity contribution in [3.63, 3.8) is 0 Å². The van der Waals surface area contributed by atoms with Crippen LogP contribution in [0.25, 0.3) is 0 Å². The molecule has 5 heteroatoms. The van der Waals surface area contributed by atoms with Crippen LogP contribution >= 0.6 is 0 Å². The van der Waals surface area contributed by atoms with E-state index in [-0.39, 0.29) is 5.60 Å². The third-order valence-corrected chi connectivity index (χ3v) is 5.59. The third kappa shape index (κ3) is 5.35. The Labute approximate surface area is 148 Å². The molecule has 1 saturated heterocycles. The van der Waals surface area contributed by atoms with Gasteiger partial charge in [0.15, 0.2) is 5.96 Å². The maximum Gasteiger partial charge on any atom is 0.191 e. The SMILES string of the molecule is CCNC(=NCC1(CC(C)C)CCC1)NCC1(OC)CCOCC1. The van der Waals surface area contributed by atoms with Gasteiger partial charge in [0.2, 0.25) is 0 Å². The average Bonchev–Trinajstić information content (AvgIpc) is 2.55. The Morgan fingerprint density at radius 2 is 1.88 bits per heavy atom. The molecule has 5 nitrogen and oxygen atoms in total. The van der Waals surface area contributed by atoms with Gasteiger partial charge < -0.3 is 20.1 Å². The Balaban J connectivity index is 1.92. The lowest BCUT2D eigenvalue weighted by Gasteiger charge is -2.42. The second kappa shape index (κ2) is 9.04. The highest BCUT2D eigenvalue weighted by molar-refractivity contribution is 5.79. The van der Waals surface area contributed by atoms with Gasteiger partial charge in [0, 0.05) is 52.8 Å². The summed E-state index contributed by atoms with van der Waals surface area (Å²) in [7, 11) is 1.81. The van der Waals surface area contributed by atoms with Gasteiger partial charge in [0.05, 0.1) is 5.60 Å². The number of nitrogens with one attached hydrogen (secondary N) is 2. The zero-order chi connectivity index (χ0) is 17.5. The second-order valence-corrected chi connectivity index (χ2v) is 8.00. The lowest BCUT2D eigenvalue weighted by atomic mass is 9.64. The molecule has 24 heavy (non-hydrogen) atoms. The fraction of sp³-hybridized carbons (Fsp3) is 0.947. The van der Waals surface area contributed by atoms with Crippen LogP contribution < -0.4 is 10.6 Å².